The topological polar surface area (TPSA) is 20.2 Å². The molecule has 3 aliphatic carbocycles. The van der Waals surface area contributed by atoms with E-state index >= 15 is 0 Å². The van der Waals surface area contributed by atoms with Crippen molar-refractivity contribution in [1.29, 1.82) is 0 Å². The maximum Gasteiger partial charge on any atom is 0.0596 e. The van der Waals surface area contributed by atoms with Gasteiger partial charge in [0.2, 0.25) is 0 Å². The third kappa shape index (κ3) is 0.654. The van der Waals surface area contributed by atoms with Crippen LogP contribution in [0.15, 0.2) is 0 Å². The van der Waals surface area contributed by atoms with Gasteiger partial charge in [-0.2, -0.15) is 0 Å². The number of hydrogen-bond donors (Lipinski definition) is 1. The number of hydrogen-bond acceptors (Lipinski definition) is 1. The maximum atomic E-state index is 9.92. The zero-order valence-corrected chi connectivity index (χ0v) is 7.84. The van der Waals surface area contributed by atoms with E-state index in [0.717, 1.165) is 17.8 Å². The molecule has 0 aromatic carbocycles. The van der Waals surface area contributed by atoms with Gasteiger partial charge in [-0.15, -0.1) is 0 Å². The summed E-state index contributed by atoms with van der Waals surface area (Å²) in [6.07, 6.45) is 8.01. The van der Waals surface area contributed by atoms with Crippen molar-refractivity contribution in [3.05, 3.63) is 0 Å². The van der Waals surface area contributed by atoms with Crippen LogP contribution < -0.4 is 0 Å². The van der Waals surface area contributed by atoms with Gasteiger partial charge in [-0.05, 0) is 55.3 Å². The minimum atomic E-state index is 0.0162. The van der Waals surface area contributed by atoms with Crippen LogP contribution in [0.5, 0.6) is 0 Å². The van der Waals surface area contributed by atoms with Gasteiger partial charge in [0.1, 0.15) is 0 Å². The Morgan fingerprint density at radius 3 is 2.42 bits per heavy atom. The van der Waals surface area contributed by atoms with Crippen LogP contribution in [-0.2, 0) is 0 Å². The van der Waals surface area contributed by atoms with E-state index in [1.165, 1.54) is 32.1 Å². The van der Waals surface area contributed by atoms with E-state index in [9.17, 15) is 5.11 Å². The molecule has 0 amide bonds. The smallest absolute Gasteiger partial charge is 0.0596 e. The van der Waals surface area contributed by atoms with Crippen molar-refractivity contribution in [2.45, 2.75) is 51.6 Å². The lowest BCUT2D eigenvalue weighted by molar-refractivity contribution is 0.0474. The van der Waals surface area contributed by atoms with E-state index < -0.39 is 0 Å². The van der Waals surface area contributed by atoms with Crippen molar-refractivity contribution >= 4 is 0 Å². The van der Waals surface area contributed by atoms with Gasteiger partial charge >= 0.3 is 0 Å². The molecular formula is C11H18O. The predicted molar refractivity (Wildman–Crippen MR) is 47.7 cm³/mol. The summed E-state index contributed by atoms with van der Waals surface area (Å²) in [5, 5.41) is 9.92. The largest absolute Gasteiger partial charge is 0.393 e. The summed E-state index contributed by atoms with van der Waals surface area (Å²) in [6, 6.07) is 0. The second-order valence-corrected chi connectivity index (χ2v) is 5.51. The quantitative estimate of drug-likeness (QED) is 0.585. The lowest BCUT2D eigenvalue weighted by Crippen LogP contribution is -2.29. The second kappa shape index (κ2) is 1.89. The summed E-state index contributed by atoms with van der Waals surface area (Å²) in [7, 11) is 0. The van der Waals surface area contributed by atoms with Crippen LogP contribution in [0.25, 0.3) is 0 Å². The van der Waals surface area contributed by atoms with E-state index in [-0.39, 0.29) is 6.10 Å². The molecule has 1 heteroatoms. The molecule has 0 aliphatic heterocycles. The van der Waals surface area contributed by atoms with Crippen molar-refractivity contribution in [2.75, 3.05) is 0 Å². The summed E-state index contributed by atoms with van der Waals surface area (Å²) in [5.41, 5.74) is 1.04. The van der Waals surface area contributed by atoms with Gasteiger partial charge < -0.3 is 5.11 Å². The van der Waals surface area contributed by atoms with E-state index in [2.05, 4.69) is 6.92 Å². The first-order valence-corrected chi connectivity index (χ1v) is 5.35. The standard InChI is InChI=1S/C11H18O/c1-10-4-5-11(6-7-11)8(10)2-3-9(10)12/h8-9,12H,2-7H2,1H3. The number of rotatable bonds is 0. The molecule has 0 saturated heterocycles. The van der Waals surface area contributed by atoms with Crippen molar-refractivity contribution in [3.63, 3.8) is 0 Å². The van der Waals surface area contributed by atoms with Gasteiger partial charge in [0.25, 0.3) is 0 Å². The van der Waals surface area contributed by atoms with Gasteiger partial charge in [0.15, 0.2) is 0 Å². The van der Waals surface area contributed by atoms with Crippen LogP contribution in [0.1, 0.15) is 45.4 Å². The van der Waals surface area contributed by atoms with Crippen LogP contribution in [-0.4, -0.2) is 11.2 Å². The minimum Gasteiger partial charge on any atom is -0.393 e. The van der Waals surface area contributed by atoms with Crippen molar-refractivity contribution < 1.29 is 5.11 Å². The van der Waals surface area contributed by atoms with Crippen molar-refractivity contribution in [1.82, 2.24) is 0 Å². The SMILES string of the molecule is CC12CCC3(CC3)C1CCC2O. The Bertz CT molecular complexity index is 219. The summed E-state index contributed by atoms with van der Waals surface area (Å²) in [5.74, 6) is 0.875. The Morgan fingerprint density at radius 1 is 1.08 bits per heavy atom. The third-order valence-corrected chi connectivity index (χ3v) is 5.08. The molecule has 1 nitrogen and oxygen atoms in total. The molecule has 68 valence electrons. The summed E-state index contributed by atoms with van der Waals surface area (Å²) in [6.45, 7) is 2.32. The Hall–Kier alpha value is -0.0400. The minimum absolute atomic E-state index is 0.0162. The highest BCUT2D eigenvalue weighted by atomic mass is 16.3. The molecule has 3 fully saturated rings. The first-order valence-electron chi connectivity index (χ1n) is 5.35. The summed E-state index contributed by atoms with van der Waals surface area (Å²) in [4.78, 5) is 0. The van der Waals surface area contributed by atoms with Crippen LogP contribution in [0.4, 0.5) is 0 Å². The molecule has 0 aromatic heterocycles. The monoisotopic (exact) mass is 166 g/mol. The normalized spacial score (nSPS) is 54.5. The highest BCUT2D eigenvalue weighted by Crippen LogP contribution is 2.71. The first-order chi connectivity index (χ1) is 5.67. The number of fused-ring (bicyclic) bond motifs is 2. The molecule has 3 rings (SSSR count). The van der Waals surface area contributed by atoms with Crippen molar-refractivity contribution in [3.8, 4) is 0 Å². The molecule has 3 saturated carbocycles. The lowest BCUT2D eigenvalue weighted by Gasteiger charge is -2.29. The van der Waals surface area contributed by atoms with Gasteiger partial charge in [-0.3, -0.25) is 0 Å². The molecule has 0 bridgehead atoms. The molecule has 0 aromatic rings. The molecule has 0 radical (unpaired) electrons. The van der Waals surface area contributed by atoms with Crippen molar-refractivity contribution in [2.24, 2.45) is 16.7 Å². The van der Waals surface area contributed by atoms with E-state index in [0.29, 0.717) is 5.41 Å². The molecular weight excluding hydrogens is 148 g/mol. The Morgan fingerprint density at radius 2 is 1.75 bits per heavy atom. The highest BCUT2D eigenvalue weighted by molar-refractivity contribution is 5.14. The number of aliphatic hydroxyl groups excluding tert-OH is 1. The van der Waals surface area contributed by atoms with E-state index in [1.54, 1.807) is 0 Å². The van der Waals surface area contributed by atoms with Gasteiger partial charge in [0, 0.05) is 0 Å². The fraction of sp³-hybridized carbons (Fsp3) is 1.00. The predicted octanol–water partition coefficient (Wildman–Crippen LogP) is 2.34. The van der Waals surface area contributed by atoms with Gasteiger partial charge in [-0.25, -0.2) is 0 Å². The Labute approximate surface area is 74.2 Å². The molecule has 3 atom stereocenters. The Balaban J connectivity index is 1.97. The molecule has 0 heterocycles. The second-order valence-electron chi connectivity index (χ2n) is 5.51. The van der Waals surface area contributed by atoms with Crippen LogP contribution in [0.2, 0.25) is 0 Å². The van der Waals surface area contributed by atoms with Crippen LogP contribution in [0, 0.1) is 16.7 Å². The highest BCUT2D eigenvalue weighted by Gasteiger charge is 2.64. The fourth-order valence-electron chi connectivity index (χ4n) is 4.01. The first kappa shape index (κ1) is 7.37. The summed E-state index contributed by atoms with van der Waals surface area (Å²) >= 11 is 0. The number of aliphatic hydroxyl groups is 1. The van der Waals surface area contributed by atoms with Gasteiger partial charge in [-0.1, -0.05) is 6.92 Å². The molecule has 1 spiro atoms. The van der Waals surface area contributed by atoms with E-state index in [4.69, 9.17) is 0 Å². The average molecular weight is 166 g/mol. The lowest BCUT2D eigenvalue weighted by atomic mass is 9.77. The Kier molecular flexibility index (Phi) is 1.16. The molecule has 3 aliphatic rings. The average Bonchev–Trinajstić information content (AvgIpc) is 2.69. The molecule has 12 heavy (non-hydrogen) atoms. The summed E-state index contributed by atoms with van der Waals surface area (Å²) < 4.78 is 0. The fourth-order valence-corrected chi connectivity index (χ4v) is 4.01. The third-order valence-electron chi connectivity index (χ3n) is 5.08. The molecule has 3 unspecified atom stereocenters. The van der Waals surface area contributed by atoms with E-state index in [1.807, 2.05) is 0 Å². The van der Waals surface area contributed by atoms with Crippen LogP contribution >= 0.6 is 0 Å². The maximum absolute atomic E-state index is 9.92. The van der Waals surface area contributed by atoms with Crippen LogP contribution in [0.3, 0.4) is 0 Å². The zero-order valence-electron chi connectivity index (χ0n) is 7.84. The van der Waals surface area contributed by atoms with Gasteiger partial charge in [0.05, 0.1) is 6.10 Å². The molecule has 1 N–H and O–H groups in total. The zero-order chi connectivity index (χ0) is 8.40.